The standard InChI is InChI=1S/C24H23N3O3S/c1-15-9-11-18(12-10-15)26-20(28)13-19-14-31-24-25-16(2)21(23(29)30-3)22(27(19)24)17-7-5-4-6-8-17/h4-12,14,22H,13H2,1-3H3,(H,26,28). The first-order valence-corrected chi connectivity index (χ1v) is 10.8. The first kappa shape index (κ1) is 20.9. The number of hydrogen-bond acceptors (Lipinski definition) is 6. The maximum atomic E-state index is 12.8. The van der Waals surface area contributed by atoms with Crippen LogP contribution in [0.25, 0.3) is 0 Å². The molecule has 0 aromatic heterocycles. The fourth-order valence-electron chi connectivity index (χ4n) is 3.70. The van der Waals surface area contributed by atoms with E-state index in [-0.39, 0.29) is 12.3 Å². The topological polar surface area (TPSA) is 71.0 Å². The minimum Gasteiger partial charge on any atom is -0.466 e. The van der Waals surface area contributed by atoms with Crippen molar-refractivity contribution in [1.29, 1.82) is 0 Å². The number of allylic oxidation sites excluding steroid dienone is 1. The van der Waals surface area contributed by atoms with Crippen molar-refractivity contribution < 1.29 is 14.3 Å². The number of amides is 1. The zero-order chi connectivity index (χ0) is 22.0. The van der Waals surface area contributed by atoms with Gasteiger partial charge in [-0.2, -0.15) is 0 Å². The van der Waals surface area contributed by atoms with Gasteiger partial charge in [-0.1, -0.05) is 59.8 Å². The Balaban J connectivity index is 1.63. The highest BCUT2D eigenvalue weighted by Crippen LogP contribution is 2.44. The molecule has 2 aliphatic heterocycles. The summed E-state index contributed by atoms with van der Waals surface area (Å²) in [4.78, 5) is 32.0. The predicted molar refractivity (Wildman–Crippen MR) is 123 cm³/mol. The molecular weight excluding hydrogens is 410 g/mol. The number of nitrogens with one attached hydrogen (secondary N) is 1. The lowest BCUT2D eigenvalue weighted by atomic mass is 9.94. The SMILES string of the molecule is COC(=O)C1=C(C)N=C2SC=C(CC(=O)Nc3ccc(C)cc3)N2C1c1ccccc1. The minimum absolute atomic E-state index is 0.130. The number of esters is 1. The second-order valence-electron chi connectivity index (χ2n) is 7.39. The average molecular weight is 434 g/mol. The minimum atomic E-state index is -0.422. The molecule has 1 N–H and O–H groups in total. The molecule has 1 atom stereocenters. The van der Waals surface area contributed by atoms with Gasteiger partial charge in [-0.15, -0.1) is 0 Å². The number of hydrogen-bond donors (Lipinski definition) is 1. The van der Waals surface area contributed by atoms with Crippen LogP contribution in [0.5, 0.6) is 0 Å². The Labute approximate surface area is 185 Å². The summed E-state index contributed by atoms with van der Waals surface area (Å²) in [6.45, 7) is 3.82. The second-order valence-corrected chi connectivity index (χ2v) is 8.22. The van der Waals surface area contributed by atoms with E-state index in [0.29, 0.717) is 11.3 Å². The number of fused-ring (bicyclic) bond motifs is 1. The van der Waals surface area contributed by atoms with Crippen molar-refractivity contribution >= 4 is 34.5 Å². The number of carbonyl (C=O) groups excluding carboxylic acids is 2. The maximum Gasteiger partial charge on any atom is 0.338 e. The molecule has 6 nitrogen and oxygen atoms in total. The highest BCUT2D eigenvalue weighted by atomic mass is 32.2. The molecule has 7 heteroatoms. The van der Waals surface area contributed by atoms with Gasteiger partial charge in [-0.3, -0.25) is 4.79 Å². The van der Waals surface area contributed by atoms with Gasteiger partial charge in [0.25, 0.3) is 0 Å². The van der Waals surface area contributed by atoms with Gasteiger partial charge in [-0.05, 0) is 37.0 Å². The molecule has 2 heterocycles. The van der Waals surface area contributed by atoms with Crippen molar-refractivity contribution in [2.75, 3.05) is 12.4 Å². The number of methoxy groups -OCH3 is 1. The van der Waals surface area contributed by atoms with Crippen molar-refractivity contribution in [3.63, 3.8) is 0 Å². The van der Waals surface area contributed by atoms with E-state index in [2.05, 4.69) is 10.3 Å². The number of amidine groups is 1. The largest absolute Gasteiger partial charge is 0.466 e. The van der Waals surface area contributed by atoms with Crippen LogP contribution in [0.1, 0.15) is 30.5 Å². The van der Waals surface area contributed by atoms with Gasteiger partial charge in [0, 0.05) is 11.4 Å². The highest BCUT2D eigenvalue weighted by molar-refractivity contribution is 8.16. The van der Waals surface area contributed by atoms with Gasteiger partial charge >= 0.3 is 5.97 Å². The summed E-state index contributed by atoms with van der Waals surface area (Å²) in [5, 5.41) is 5.62. The third-order valence-electron chi connectivity index (χ3n) is 5.20. The maximum absolute atomic E-state index is 12.8. The van der Waals surface area contributed by atoms with Gasteiger partial charge < -0.3 is 15.0 Å². The van der Waals surface area contributed by atoms with Crippen molar-refractivity contribution in [2.45, 2.75) is 26.3 Å². The molecule has 0 radical (unpaired) electrons. The summed E-state index contributed by atoms with van der Waals surface area (Å²) in [7, 11) is 1.37. The molecule has 0 aliphatic carbocycles. The Bertz CT molecular complexity index is 1100. The molecule has 2 aromatic rings. The second kappa shape index (κ2) is 8.81. The van der Waals surface area contributed by atoms with Crippen LogP contribution in [0.15, 0.2) is 82.0 Å². The number of aryl methyl sites for hydroxylation is 1. The first-order chi connectivity index (χ1) is 15.0. The van der Waals surface area contributed by atoms with E-state index in [1.165, 1.54) is 18.9 Å². The van der Waals surface area contributed by atoms with E-state index in [4.69, 9.17) is 4.74 Å². The fraction of sp³-hybridized carbons (Fsp3) is 0.208. The average Bonchev–Trinajstić information content (AvgIpc) is 3.16. The third kappa shape index (κ3) is 4.27. The van der Waals surface area contributed by atoms with E-state index < -0.39 is 12.0 Å². The molecule has 4 rings (SSSR count). The molecule has 1 amide bonds. The van der Waals surface area contributed by atoms with Gasteiger partial charge in [0.15, 0.2) is 5.17 Å². The zero-order valence-corrected chi connectivity index (χ0v) is 18.4. The number of ether oxygens (including phenoxy) is 1. The van der Waals surface area contributed by atoms with Gasteiger partial charge in [0.05, 0.1) is 30.8 Å². The molecule has 0 spiro atoms. The van der Waals surface area contributed by atoms with Crippen LogP contribution < -0.4 is 5.32 Å². The lowest BCUT2D eigenvalue weighted by Crippen LogP contribution is -2.37. The monoisotopic (exact) mass is 433 g/mol. The number of nitrogens with zero attached hydrogens (tertiary/aromatic N) is 2. The first-order valence-electron chi connectivity index (χ1n) is 9.92. The highest BCUT2D eigenvalue weighted by Gasteiger charge is 2.40. The van der Waals surface area contributed by atoms with Crippen molar-refractivity contribution in [1.82, 2.24) is 4.90 Å². The van der Waals surface area contributed by atoms with E-state index in [1.807, 2.05) is 78.8 Å². The van der Waals surface area contributed by atoms with Gasteiger partial charge in [0.2, 0.25) is 5.91 Å². The molecule has 0 bridgehead atoms. The lowest BCUT2D eigenvalue weighted by Gasteiger charge is -2.36. The molecule has 0 fully saturated rings. The number of benzene rings is 2. The van der Waals surface area contributed by atoms with Crippen LogP contribution in [0.4, 0.5) is 5.69 Å². The van der Waals surface area contributed by atoms with Crippen molar-refractivity contribution in [3.8, 4) is 0 Å². The summed E-state index contributed by atoms with van der Waals surface area (Å²) in [5.74, 6) is -0.552. The molecule has 0 saturated heterocycles. The zero-order valence-electron chi connectivity index (χ0n) is 17.6. The molecule has 2 aromatic carbocycles. The number of aliphatic imine (C=N–C) groups is 1. The Kier molecular flexibility index (Phi) is 5.95. The number of anilines is 1. The fourth-order valence-corrected chi connectivity index (χ4v) is 4.66. The van der Waals surface area contributed by atoms with Crippen LogP contribution in [0, 0.1) is 6.92 Å². The van der Waals surface area contributed by atoms with Gasteiger partial charge in [0.1, 0.15) is 0 Å². The van der Waals surface area contributed by atoms with Crippen molar-refractivity contribution in [3.05, 3.63) is 88.1 Å². The molecule has 2 aliphatic rings. The third-order valence-corrected chi connectivity index (χ3v) is 6.09. The van der Waals surface area contributed by atoms with Crippen LogP contribution >= 0.6 is 11.8 Å². The molecular formula is C24H23N3O3S. The van der Waals surface area contributed by atoms with Gasteiger partial charge in [-0.25, -0.2) is 9.79 Å². The summed E-state index contributed by atoms with van der Waals surface area (Å²) in [6.07, 6.45) is 0.163. The predicted octanol–water partition coefficient (Wildman–Crippen LogP) is 4.77. The van der Waals surface area contributed by atoms with Crippen LogP contribution in [-0.2, 0) is 14.3 Å². The van der Waals surface area contributed by atoms with Crippen LogP contribution in [0.2, 0.25) is 0 Å². The number of rotatable bonds is 5. The summed E-state index contributed by atoms with van der Waals surface area (Å²) >= 11 is 1.46. The summed E-state index contributed by atoms with van der Waals surface area (Å²) in [6, 6.07) is 17.0. The van der Waals surface area contributed by atoms with Crippen LogP contribution in [-0.4, -0.2) is 29.1 Å². The smallest absolute Gasteiger partial charge is 0.338 e. The lowest BCUT2D eigenvalue weighted by molar-refractivity contribution is -0.136. The van der Waals surface area contributed by atoms with Crippen LogP contribution in [0.3, 0.4) is 0 Å². The van der Waals surface area contributed by atoms with E-state index in [9.17, 15) is 9.59 Å². The van der Waals surface area contributed by atoms with E-state index in [0.717, 1.165) is 27.7 Å². The number of thioether (sulfide) groups is 1. The van der Waals surface area contributed by atoms with Crippen molar-refractivity contribution in [2.24, 2.45) is 4.99 Å². The Hall–Kier alpha value is -3.32. The van der Waals surface area contributed by atoms with E-state index in [1.54, 1.807) is 0 Å². The van der Waals surface area contributed by atoms with E-state index >= 15 is 0 Å². The Morgan fingerprint density at radius 2 is 1.81 bits per heavy atom. The Morgan fingerprint density at radius 1 is 1.10 bits per heavy atom. The summed E-state index contributed by atoms with van der Waals surface area (Å²) in [5.41, 5.74) is 4.70. The molecule has 158 valence electrons. The molecule has 0 saturated carbocycles. The molecule has 31 heavy (non-hydrogen) atoms. The normalized spacial score (nSPS) is 17.6. The Morgan fingerprint density at radius 3 is 2.48 bits per heavy atom. The number of carbonyl (C=O) groups is 2. The summed E-state index contributed by atoms with van der Waals surface area (Å²) < 4.78 is 5.07. The quantitative estimate of drug-likeness (QED) is 0.688. The molecule has 1 unspecified atom stereocenters.